The standard InChI is InChI=1S/C5H6Cl2O3/c1-4(6)5(2,7)10-3(8)9-4/h1-2H3. The third-order valence-corrected chi connectivity index (χ3v) is 2.32. The first-order chi connectivity index (χ1) is 4.35. The van der Waals surface area contributed by atoms with Gasteiger partial charge in [0, 0.05) is 0 Å². The van der Waals surface area contributed by atoms with Gasteiger partial charge in [0.05, 0.1) is 0 Å². The summed E-state index contributed by atoms with van der Waals surface area (Å²) in [6, 6.07) is 0. The minimum absolute atomic E-state index is 0.838. The highest BCUT2D eigenvalue weighted by atomic mass is 35.5. The second-order valence-electron chi connectivity index (χ2n) is 2.29. The molecule has 2 unspecified atom stereocenters. The maximum Gasteiger partial charge on any atom is 0.512 e. The van der Waals surface area contributed by atoms with E-state index in [4.69, 9.17) is 23.2 Å². The van der Waals surface area contributed by atoms with Gasteiger partial charge in [-0.1, -0.05) is 23.2 Å². The molecule has 0 aromatic carbocycles. The Morgan fingerprint density at radius 3 is 1.60 bits per heavy atom. The average molecular weight is 185 g/mol. The highest BCUT2D eigenvalue weighted by Crippen LogP contribution is 2.42. The van der Waals surface area contributed by atoms with E-state index in [2.05, 4.69) is 9.47 Å². The molecule has 0 spiro atoms. The molecule has 0 amide bonds. The fourth-order valence-corrected chi connectivity index (χ4v) is 0.719. The highest BCUT2D eigenvalue weighted by molar-refractivity contribution is 6.34. The van der Waals surface area contributed by atoms with Crippen LogP contribution in [0.5, 0.6) is 0 Å². The van der Waals surface area contributed by atoms with E-state index in [0.717, 1.165) is 0 Å². The summed E-state index contributed by atoms with van der Waals surface area (Å²) in [4.78, 5) is 10.5. The molecule has 58 valence electrons. The zero-order valence-corrected chi connectivity index (χ0v) is 6.99. The number of cyclic esters (lactones) is 2. The molecule has 0 radical (unpaired) electrons. The van der Waals surface area contributed by atoms with Crippen molar-refractivity contribution in [2.75, 3.05) is 0 Å². The predicted octanol–water partition coefficient (Wildman–Crippen LogP) is 2.06. The van der Waals surface area contributed by atoms with Crippen LogP contribution in [-0.4, -0.2) is 16.3 Å². The molecule has 0 aliphatic carbocycles. The van der Waals surface area contributed by atoms with Crippen molar-refractivity contribution in [1.82, 2.24) is 0 Å². The summed E-state index contributed by atoms with van der Waals surface area (Å²) in [5.74, 6) is 0. The fourth-order valence-electron chi connectivity index (χ4n) is 0.516. The lowest BCUT2D eigenvalue weighted by atomic mass is 10.2. The van der Waals surface area contributed by atoms with Crippen LogP contribution in [0.15, 0.2) is 0 Å². The molecule has 0 bridgehead atoms. The van der Waals surface area contributed by atoms with Gasteiger partial charge in [0.25, 0.3) is 0 Å². The van der Waals surface area contributed by atoms with Crippen LogP contribution >= 0.6 is 23.2 Å². The van der Waals surface area contributed by atoms with Crippen LogP contribution in [0.4, 0.5) is 4.79 Å². The maximum absolute atomic E-state index is 10.5. The van der Waals surface area contributed by atoms with Gasteiger partial charge in [0.15, 0.2) is 0 Å². The van der Waals surface area contributed by atoms with Crippen molar-refractivity contribution in [3.8, 4) is 0 Å². The quantitative estimate of drug-likeness (QED) is 0.428. The van der Waals surface area contributed by atoms with Crippen LogP contribution in [0.1, 0.15) is 13.8 Å². The number of hydrogen-bond acceptors (Lipinski definition) is 3. The molecule has 0 saturated carbocycles. The lowest BCUT2D eigenvalue weighted by Gasteiger charge is -2.22. The summed E-state index contributed by atoms with van der Waals surface area (Å²) in [5, 5.41) is -2.54. The molecule has 10 heavy (non-hydrogen) atoms. The Balaban J connectivity index is 2.88. The first-order valence-corrected chi connectivity index (χ1v) is 3.40. The number of carbonyl (C=O) groups excluding carboxylic acids is 1. The summed E-state index contributed by atoms with van der Waals surface area (Å²) in [6.45, 7) is 2.93. The first-order valence-electron chi connectivity index (χ1n) is 2.65. The van der Waals surface area contributed by atoms with E-state index in [1.165, 1.54) is 13.8 Å². The van der Waals surface area contributed by atoms with E-state index in [-0.39, 0.29) is 0 Å². The van der Waals surface area contributed by atoms with Gasteiger partial charge in [0.2, 0.25) is 10.1 Å². The largest absolute Gasteiger partial charge is 0.512 e. The predicted molar refractivity (Wildman–Crippen MR) is 36.1 cm³/mol. The summed E-state index contributed by atoms with van der Waals surface area (Å²) < 4.78 is 9.07. The fraction of sp³-hybridized carbons (Fsp3) is 0.800. The van der Waals surface area contributed by atoms with Gasteiger partial charge in [-0.3, -0.25) is 0 Å². The van der Waals surface area contributed by atoms with Crippen LogP contribution in [0, 0.1) is 0 Å². The van der Waals surface area contributed by atoms with Crippen molar-refractivity contribution in [2.45, 2.75) is 24.0 Å². The Morgan fingerprint density at radius 1 is 1.20 bits per heavy atom. The smallest absolute Gasteiger partial charge is 0.406 e. The summed E-state index contributed by atoms with van der Waals surface area (Å²) in [6.07, 6.45) is -0.838. The van der Waals surface area contributed by atoms with Crippen LogP contribution < -0.4 is 0 Å². The Labute approximate surface area is 68.2 Å². The molecule has 1 fully saturated rings. The molecule has 1 rings (SSSR count). The van der Waals surface area contributed by atoms with E-state index in [0.29, 0.717) is 0 Å². The molecule has 1 aliphatic heterocycles. The summed E-state index contributed by atoms with van der Waals surface area (Å²) in [5.41, 5.74) is 0. The second kappa shape index (κ2) is 1.92. The molecular formula is C5H6Cl2O3. The number of halogens is 2. The van der Waals surface area contributed by atoms with Crippen molar-refractivity contribution >= 4 is 29.4 Å². The maximum atomic E-state index is 10.5. The van der Waals surface area contributed by atoms with Gasteiger partial charge < -0.3 is 9.47 Å². The van der Waals surface area contributed by atoms with E-state index >= 15 is 0 Å². The average Bonchev–Trinajstić information content (AvgIpc) is 1.73. The van der Waals surface area contributed by atoms with Gasteiger partial charge in [-0.15, -0.1) is 0 Å². The SMILES string of the molecule is CC1(Cl)OC(=O)OC1(C)Cl. The van der Waals surface area contributed by atoms with Gasteiger partial charge in [0.1, 0.15) is 0 Å². The molecule has 2 atom stereocenters. The number of hydrogen-bond donors (Lipinski definition) is 0. The molecule has 5 heteroatoms. The Bertz CT molecular complexity index is 158. The van der Waals surface area contributed by atoms with Crippen LogP contribution in [0.3, 0.4) is 0 Å². The lowest BCUT2D eigenvalue weighted by Crippen LogP contribution is -2.36. The van der Waals surface area contributed by atoms with Crippen molar-refractivity contribution in [2.24, 2.45) is 0 Å². The molecule has 0 N–H and O–H groups in total. The Kier molecular flexibility index (Phi) is 1.53. The molecular weight excluding hydrogens is 179 g/mol. The van der Waals surface area contributed by atoms with E-state index in [1.54, 1.807) is 0 Å². The molecule has 1 heterocycles. The molecule has 1 aliphatic rings. The zero-order chi connectivity index (χ0) is 7.99. The van der Waals surface area contributed by atoms with Crippen LogP contribution in [-0.2, 0) is 9.47 Å². The third-order valence-electron chi connectivity index (χ3n) is 1.35. The van der Waals surface area contributed by atoms with Gasteiger partial charge in [-0.05, 0) is 13.8 Å². The minimum atomic E-state index is -1.27. The molecule has 3 nitrogen and oxygen atoms in total. The van der Waals surface area contributed by atoms with Gasteiger partial charge in [-0.25, -0.2) is 4.79 Å². The Hall–Kier alpha value is -0.150. The zero-order valence-electron chi connectivity index (χ0n) is 5.48. The van der Waals surface area contributed by atoms with Crippen molar-refractivity contribution in [3.63, 3.8) is 0 Å². The van der Waals surface area contributed by atoms with Gasteiger partial charge in [-0.2, -0.15) is 0 Å². The van der Waals surface area contributed by atoms with Crippen LogP contribution in [0.25, 0.3) is 0 Å². The Morgan fingerprint density at radius 2 is 1.50 bits per heavy atom. The number of carbonyl (C=O) groups is 1. The van der Waals surface area contributed by atoms with Crippen molar-refractivity contribution < 1.29 is 14.3 Å². The van der Waals surface area contributed by atoms with E-state index < -0.39 is 16.3 Å². The number of rotatable bonds is 0. The molecule has 0 aromatic rings. The molecule has 0 aromatic heterocycles. The number of alkyl halides is 2. The van der Waals surface area contributed by atoms with E-state index in [1.807, 2.05) is 0 Å². The lowest BCUT2D eigenvalue weighted by molar-refractivity contribution is 0.112. The number of ether oxygens (including phenoxy) is 2. The van der Waals surface area contributed by atoms with E-state index in [9.17, 15) is 4.79 Å². The highest BCUT2D eigenvalue weighted by Gasteiger charge is 2.55. The normalized spacial score (nSPS) is 46.6. The van der Waals surface area contributed by atoms with Crippen molar-refractivity contribution in [1.29, 1.82) is 0 Å². The van der Waals surface area contributed by atoms with Gasteiger partial charge >= 0.3 is 6.16 Å². The molecule has 1 saturated heterocycles. The van der Waals surface area contributed by atoms with Crippen molar-refractivity contribution in [3.05, 3.63) is 0 Å². The van der Waals surface area contributed by atoms with Crippen LogP contribution in [0.2, 0.25) is 0 Å². The topological polar surface area (TPSA) is 35.5 Å². The third kappa shape index (κ3) is 1.04. The minimum Gasteiger partial charge on any atom is -0.406 e. The summed E-state index contributed by atoms with van der Waals surface area (Å²) in [7, 11) is 0. The second-order valence-corrected chi connectivity index (χ2v) is 3.73. The summed E-state index contributed by atoms with van der Waals surface area (Å²) >= 11 is 11.3. The first kappa shape index (κ1) is 7.95. The monoisotopic (exact) mass is 184 g/mol.